The quantitative estimate of drug-likeness (QED) is 0.0911. The van der Waals surface area contributed by atoms with Gasteiger partial charge in [0, 0.05) is 65.2 Å². The van der Waals surface area contributed by atoms with Crippen molar-refractivity contribution in [3.63, 3.8) is 0 Å². The molecule has 5 aromatic rings. The number of likely N-dealkylation sites (tertiary alicyclic amines) is 2. The van der Waals surface area contributed by atoms with Crippen molar-refractivity contribution in [3.8, 4) is 34.1 Å². The molecule has 9 rings (SSSR count). The number of ether oxygens (including phenoxy) is 4. The SMILES string of the molecule is COc1ccc(C(=O)N(CC2CCCN2CC2CC2)c2cccc(-c3ccc(F)c(Cl)c3)c2)cc1OC.COc1ccc(C(=O)N(CC2CCCN2CC2CC2)c2cccc(Br)c2)cc1OC. The maximum absolute atomic E-state index is 14.0. The average molecular weight is 996 g/mol. The van der Waals surface area contributed by atoms with Crippen molar-refractivity contribution in [3.05, 3.63) is 130 Å². The van der Waals surface area contributed by atoms with Crippen molar-refractivity contribution in [2.24, 2.45) is 11.8 Å². The minimum absolute atomic E-state index is 0.0210. The molecule has 0 N–H and O–H groups in total. The highest BCUT2D eigenvalue weighted by atomic mass is 79.9. The van der Waals surface area contributed by atoms with Crippen LogP contribution in [0.15, 0.2) is 108 Å². The van der Waals surface area contributed by atoms with Gasteiger partial charge in [-0.1, -0.05) is 51.8 Å². The topological polar surface area (TPSA) is 84.0 Å². The van der Waals surface area contributed by atoms with E-state index in [1.54, 1.807) is 70.9 Å². The maximum Gasteiger partial charge on any atom is 0.258 e. The molecule has 0 bridgehead atoms. The van der Waals surface area contributed by atoms with E-state index in [1.165, 1.54) is 44.7 Å². The summed E-state index contributed by atoms with van der Waals surface area (Å²) in [6.45, 7) is 5.77. The fourth-order valence-electron chi connectivity index (χ4n) is 9.40. The Kier molecular flexibility index (Phi) is 16.1. The van der Waals surface area contributed by atoms with Crippen molar-refractivity contribution < 1.29 is 32.9 Å². The first-order valence-electron chi connectivity index (χ1n) is 23.4. The van der Waals surface area contributed by atoms with E-state index in [1.807, 2.05) is 64.4 Å². The summed E-state index contributed by atoms with van der Waals surface area (Å²) >= 11 is 9.62. The minimum atomic E-state index is -0.455. The summed E-state index contributed by atoms with van der Waals surface area (Å²) in [5.41, 5.74) is 4.48. The van der Waals surface area contributed by atoms with Crippen molar-refractivity contribution in [2.45, 2.75) is 63.5 Å². The van der Waals surface area contributed by atoms with Crippen molar-refractivity contribution in [1.82, 2.24) is 9.80 Å². The molecule has 2 unspecified atom stereocenters. The van der Waals surface area contributed by atoms with Gasteiger partial charge in [0.15, 0.2) is 23.0 Å². The van der Waals surface area contributed by atoms with E-state index in [4.69, 9.17) is 30.5 Å². The molecule has 4 aliphatic rings. The third-order valence-corrected chi connectivity index (χ3v) is 14.2. The van der Waals surface area contributed by atoms with Crippen LogP contribution in [0.4, 0.5) is 15.8 Å². The standard InChI is InChI=1S/C30H32ClFN2O3.C24H29BrN2O3/c1-36-28-13-11-23(17-29(28)37-2)30(35)34(19-25-7-4-14-33(25)18-20-8-9-20)24-6-3-5-21(15-24)22-10-12-27(32)26(31)16-22;1-29-22-11-10-18(13-23(22)30-2)24(28)27(20-6-3-5-19(25)14-20)16-21-7-4-12-26(21)15-17-8-9-17/h3,5-6,10-13,15-17,20,25H,4,7-9,14,18-19H2,1-2H3;3,5-6,10-11,13-14,17,21H,4,7-9,12,15-16H2,1-2H3. The molecule has 2 atom stereocenters. The van der Waals surface area contributed by atoms with Crippen LogP contribution in [0.25, 0.3) is 11.1 Å². The van der Waals surface area contributed by atoms with Crippen molar-refractivity contribution >= 4 is 50.7 Å². The number of hydrogen-bond donors (Lipinski definition) is 0. The monoisotopic (exact) mass is 994 g/mol. The van der Waals surface area contributed by atoms with Gasteiger partial charge < -0.3 is 28.7 Å². The van der Waals surface area contributed by atoms with Gasteiger partial charge in [0.1, 0.15) is 5.82 Å². The van der Waals surface area contributed by atoms with Gasteiger partial charge in [0.25, 0.3) is 11.8 Å². The summed E-state index contributed by atoms with van der Waals surface area (Å²) in [6, 6.07) is 31.8. The second-order valence-corrected chi connectivity index (χ2v) is 19.4. The second kappa shape index (κ2) is 22.3. The Morgan fingerprint density at radius 3 is 1.54 bits per heavy atom. The van der Waals surface area contributed by atoms with Gasteiger partial charge in [-0.2, -0.15) is 0 Å². The molecule has 2 amide bonds. The van der Waals surface area contributed by atoms with Gasteiger partial charge in [-0.15, -0.1) is 0 Å². The molecule has 2 aliphatic carbocycles. The zero-order valence-electron chi connectivity index (χ0n) is 38.9. The lowest BCUT2D eigenvalue weighted by atomic mass is 10.0. The Balaban J connectivity index is 0.000000186. The summed E-state index contributed by atoms with van der Waals surface area (Å²) in [5.74, 6) is 3.34. The molecule has 13 heteroatoms. The zero-order valence-corrected chi connectivity index (χ0v) is 41.2. The lowest BCUT2D eigenvalue weighted by Crippen LogP contribution is -2.44. The van der Waals surface area contributed by atoms with Crippen LogP contribution in [0.1, 0.15) is 72.1 Å². The summed E-state index contributed by atoms with van der Waals surface area (Å²) in [5, 5.41) is 0.0721. The number of hydrogen-bond acceptors (Lipinski definition) is 8. The summed E-state index contributed by atoms with van der Waals surface area (Å²) < 4.78 is 36.3. The van der Waals surface area contributed by atoms with Gasteiger partial charge in [-0.25, -0.2) is 4.39 Å². The summed E-state index contributed by atoms with van der Waals surface area (Å²) in [7, 11) is 6.33. The van der Waals surface area contributed by atoms with E-state index in [0.717, 1.165) is 77.7 Å². The molecule has 67 heavy (non-hydrogen) atoms. The van der Waals surface area contributed by atoms with Crippen LogP contribution < -0.4 is 28.7 Å². The molecule has 2 heterocycles. The first-order chi connectivity index (χ1) is 32.5. The molecule has 2 saturated carbocycles. The average Bonchev–Trinajstić information content (AvgIpc) is 4.27. The fourth-order valence-corrected chi connectivity index (χ4v) is 9.97. The van der Waals surface area contributed by atoms with Crippen molar-refractivity contribution in [1.29, 1.82) is 0 Å². The van der Waals surface area contributed by atoms with Gasteiger partial charge >= 0.3 is 0 Å². The predicted molar refractivity (Wildman–Crippen MR) is 268 cm³/mol. The van der Waals surface area contributed by atoms with E-state index in [0.29, 0.717) is 59.3 Å². The summed E-state index contributed by atoms with van der Waals surface area (Å²) in [4.78, 5) is 36.6. The molecule has 2 saturated heterocycles. The maximum atomic E-state index is 14.0. The molecule has 0 radical (unpaired) electrons. The van der Waals surface area contributed by atoms with Crippen LogP contribution in [0.2, 0.25) is 5.02 Å². The highest BCUT2D eigenvalue weighted by molar-refractivity contribution is 9.10. The Bertz CT molecular complexity index is 2520. The van der Waals surface area contributed by atoms with Gasteiger partial charge in [-0.3, -0.25) is 19.4 Å². The number of amides is 2. The van der Waals surface area contributed by atoms with E-state index >= 15 is 0 Å². The number of benzene rings is 5. The molecule has 4 fully saturated rings. The van der Waals surface area contributed by atoms with Gasteiger partial charge in [0.2, 0.25) is 0 Å². The van der Waals surface area contributed by atoms with Crippen LogP contribution in [0, 0.1) is 17.7 Å². The highest BCUT2D eigenvalue weighted by Gasteiger charge is 2.35. The smallest absolute Gasteiger partial charge is 0.258 e. The van der Waals surface area contributed by atoms with Crippen LogP contribution >= 0.6 is 27.5 Å². The Morgan fingerprint density at radius 2 is 1.07 bits per heavy atom. The normalized spacial score (nSPS) is 18.2. The number of carbonyl (C=O) groups is 2. The van der Waals surface area contributed by atoms with Gasteiger partial charge in [-0.05, 0) is 166 Å². The molecule has 10 nitrogen and oxygen atoms in total. The van der Waals surface area contributed by atoms with Crippen molar-refractivity contribution in [2.75, 3.05) is 77.5 Å². The minimum Gasteiger partial charge on any atom is -0.493 e. The molecule has 0 spiro atoms. The fraction of sp³-hybridized carbons (Fsp3) is 0.407. The molecule has 2 aliphatic heterocycles. The largest absolute Gasteiger partial charge is 0.493 e. The number of anilines is 2. The van der Waals surface area contributed by atoms with Crippen LogP contribution in [-0.2, 0) is 0 Å². The Labute approximate surface area is 408 Å². The molecule has 5 aromatic carbocycles. The second-order valence-electron chi connectivity index (χ2n) is 18.1. The number of carbonyl (C=O) groups excluding carboxylic acids is 2. The zero-order chi connectivity index (χ0) is 47.0. The van der Waals surface area contributed by atoms with E-state index in [2.05, 4.69) is 25.7 Å². The van der Waals surface area contributed by atoms with E-state index in [-0.39, 0.29) is 16.8 Å². The predicted octanol–water partition coefficient (Wildman–Crippen LogP) is 11.7. The molecular formula is C54H61BrClFN4O6. The summed E-state index contributed by atoms with van der Waals surface area (Å²) in [6.07, 6.45) is 9.86. The van der Waals surface area contributed by atoms with Crippen LogP contribution in [0.5, 0.6) is 23.0 Å². The number of methoxy groups -OCH3 is 4. The first kappa shape index (κ1) is 48.3. The molecule has 0 aromatic heterocycles. The van der Waals surface area contributed by atoms with E-state index < -0.39 is 5.82 Å². The van der Waals surface area contributed by atoms with Crippen LogP contribution in [-0.4, -0.2) is 101 Å². The number of rotatable bonds is 17. The number of nitrogens with zero attached hydrogens (tertiary/aromatic N) is 4. The van der Waals surface area contributed by atoms with E-state index in [9.17, 15) is 14.0 Å². The molecule has 354 valence electrons. The highest BCUT2D eigenvalue weighted by Crippen LogP contribution is 2.37. The number of halogens is 3. The lowest BCUT2D eigenvalue weighted by molar-refractivity contribution is 0.0970. The molecular weight excluding hydrogens is 935 g/mol. The van der Waals surface area contributed by atoms with Gasteiger partial charge in [0.05, 0.1) is 33.5 Å². The van der Waals surface area contributed by atoms with Crippen LogP contribution in [0.3, 0.4) is 0 Å². The Hall–Kier alpha value is -5.14. The Morgan fingerprint density at radius 1 is 0.597 bits per heavy atom. The lowest BCUT2D eigenvalue weighted by Gasteiger charge is -2.31. The third-order valence-electron chi connectivity index (χ3n) is 13.4. The third kappa shape index (κ3) is 12.1. The first-order valence-corrected chi connectivity index (χ1v) is 24.6.